The number of thioether (sulfide) groups is 1. The van der Waals surface area contributed by atoms with E-state index in [-0.39, 0.29) is 18.4 Å². The fourth-order valence-electron chi connectivity index (χ4n) is 3.93. The highest BCUT2D eigenvalue weighted by molar-refractivity contribution is 8.01. The van der Waals surface area contributed by atoms with E-state index in [0.29, 0.717) is 13.1 Å². The number of carbonyl (C=O) groups excluding carboxylic acids is 2. The number of furan rings is 1. The predicted octanol–water partition coefficient (Wildman–Crippen LogP) is 6.79. The van der Waals surface area contributed by atoms with Gasteiger partial charge in [0, 0.05) is 17.1 Å². The molecular formula is C31H40N2O4S. The summed E-state index contributed by atoms with van der Waals surface area (Å²) in [7, 11) is 0. The minimum absolute atomic E-state index is 0.0559. The van der Waals surface area contributed by atoms with Crippen LogP contribution >= 0.6 is 11.8 Å². The summed E-state index contributed by atoms with van der Waals surface area (Å²) < 4.78 is 10.4. The second kappa shape index (κ2) is 12.7. The standard InChI is InChI=1S/C31H40N2O4S/c1-22-10-15-27(23(2)19-22)32-28(34)21-33(20-25-9-8-18-36-25)17-16-24-11-13-26(14-12-24)38-31(6,7)29(35)37-30(3,4)5/h8-15,18-19H,16-17,20-21H2,1-7H3,(H,32,34). The number of anilines is 1. The highest BCUT2D eigenvalue weighted by Gasteiger charge is 2.33. The quantitative estimate of drug-likeness (QED) is 0.215. The second-order valence-corrected chi connectivity index (χ2v) is 12.9. The summed E-state index contributed by atoms with van der Waals surface area (Å²) >= 11 is 1.49. The smallest absolute Gasteiger partial charge is 0.322 e. The minimum Gasteiger partial charge on any atom is -0.468 e. The van der Waals surface area contributed by atoms with Crippen molar-refractivity contribution in [2.24, 2.45) is 0 Å². The average molecular weight is 537 g/mol. The lowest BCUT2D eigenvalue weighted by molar-refractivity contribution is -0.156. The number of hydrogen-bond donors (Lipinski definition) is 1. The molecule has 1 amide bonds. The molecule has 0 aliphatic heterocycles. The topological polar surface area (TPSA) is 71.8 Å². The van der Waals surface area contributed by atoms with E-state index in [9.17, 15) is 9.59 Å². The Labute approximate surface area is 231 Å². The van der Waals surface area contributed by atoms with Gasteiger partial charge in [0.05, 0.1) is 19.4 Å². The molecule has 1 N–H and O–H groups in total. The largest absolute Gasteiger partial charge is 0.468 e. The molecule has 0 fully saturated rings. The van der Waals surface area contributed by atoms with Crippen molar-refractivity contribution < 1.29 is 18.7 Å². The zero-order valence-corrected chi connectivity index (χ0v) is 24.4. The Morgan fingerprint density at radius 2 is 1.71 bits per heavy atom. The molecule has 2 aromatic carbocycles. The zero-order valence-electron chi connectivity index (χ0n) is 23.6. The highest BCUT2D eigenvalue weighted by Crippen LogP contribution is 2.34. The molecule has 6 nitrogen and oxygen atoms in total. The van der Waals surface area contributed by atoms with E-state index in [0.717, 1.165) is 39.5 Å². The fraction of sp³-hybridized carbons (Fsp3) is 0.419. The van der Waals surface area contributed by atoms with Crippen LogP contribution in [0, 0.1) is 13.8 Å². The van der Waals surface area contributed by atoms with Crippen molar-refractivity contribution in [2.45, 2.75) is 76.7 Å². The molecule has 1 aromatic heterocycles. The third-order valence-electron chi connectivity index (χ3n) is 5.89. The average Bonchev–Trinajstić information content (AvgIpc) is 3.32. The maximum atomic E-state index is 12.9. The number of aryl methyl sites for hydroxylation is 2. The normalized spacial score (nSPS) is 12.0. The molecule has 0 saturated carbocycles. The van der Waals surface area contributed by atoms with Crippen LogP contribution in [0.5, 0.6) is 0 Å². The van der Waals surface area contributed by atoms with Gasteiger partial charge in [0.1, 0.15) is 16.1 Å². The van der Waals surface area contributed by atoms with Crippen molar-refractivity contribution in [1.29, 1.82) is 0 Å². The van der Waals surface area contributed by atoms with Crippen molar-refractivity contribution in [3.8, 4) is 0 Å². The van der Waals surface area contributed by atoms with Crippen LogP contribution < -0.4 is 5.32 Å². The Balaban J connectivity index is 1.60. The van der Waals surface area contributed by atoms with Crippen molar-refractivity contribution in [3.63, 3.8) is 0 Å². The van der Waals surface area contributed by atoms with Crippen LogP contribution in [-0.4, -0.2) is 40.2 Å². The summed E-state index contributed by atoms with van der Waals surface area (Å²) in [6, 6.07) is 18.0. The molecule has 0 bridgehead atoms. The summed E-state index contributed by atoms with van der Waals surface area (Å²) in [6.45, 7) is 14.9. The van der Waals surface area contributed by atoms with Crippen molar-refractivity contribution in [1.82, 2.24) is 4.90 Å². The zero-order chi connectivity index (χ0) is 27.9. The summed E-state index contributed by atoms with van der Waals surface area (Å²) in [5.41, 5.74) is 3.68. The van der Waals surface area contributed by atoms with Crippen molar-refractivity contribution in [2.75, 3.05) is 18.4 Å². The third kappa shape index (κ3) is 9.37. The van der Waals surface area contributed by atoms with Crippen LogP contribution in [0.4, 0.5) is 5.69 Å². The van der Waals surface area contributed by atoms with Gasteiger partial charge < -0.3 is 14.5 Å². The van der Waals surface area contributed by atoms with Gasteiger partial charge in [0.2, 0.25) is 5.91 Å². The lowest BCUT2D eigenvalue weighted by atomic mass is 10.1. The van der Waals surface area contributed by atoms with E-state index in [2.05, 4.69) is 28.4 Å². The van der Waals surface area contributed by atoms with Gasteiger partial charge in [0.25, 0.3) is 0 Å². The van der Waals surface area contributed by atoms with Crippen LogP contribution in [0.15, 0.2) is 70.2 Å². The summed E-state index contributed by atoms with van der Waals surface area (Å²) in [5.74, 6) is 0.534. The van der Waals surface area contributed by atoms with Crippen LogP contribution in [0.25, 0.3) is 0 Å². The monoisotopic (exact) mass is 536 g/mol. The Morgan fingerprint density at radius 3 is 2.32 bits per heavy atom. The van der Waals surface area contributed by atoms with Gasteiger partial charge in [-0.2, -0.15) is 0 Å². The van der Waals surface area contributed by atoms with E-state index in [4.69, 9.17) is 9.15 Å². The van der Waals surface area contributed by atoms with Crippen molar-refractivity contribution in [3.05, 3.63) is 83.3 Å². The maximum Gasteiger partial charge on any atom is 0.322 e. The highest BCUT2D eigenvalue weighted by atomic mass is 32.2. The molecule has 0 unspecified atom stereocenters. The fourth-order valence-corrected chi connectivity index (χ4v) is 4.92. The number of benzene rings is 2. The Bertz CT molecular complexity index is 1210. The van der Waals surface area contributed by atoms with Crippen LogP contribution in [0.1, 0.15) is 57.1 Å². The van der Waals surface area contributed by atoms with Gasteiger partial charge in [-0.05, 0) is 96.3 Å². The van der Waals surface area contributed by atoms with Gasteiger partial charge in [-0.1, -0.05) is 29.8 Å². The second-order valence-electron chi connectivity index (χ2n) is 11.2. The first-order valence-corrected chi connectivity index (χ1v) is 13.8. The minimum atomic E-state index is -0.697. The first-order chi connectivity index (χ1) is 17.8. The number of hydrogen-bond acceptors (Lipinski definition) is 6. The molecule has 3 rings (SSSR count). The number of esters is 1. The molecule has 0 aliphatic carbocycles. The Hall–Kier alpha value is -3.03. The number of amides is 1. The molecule has 0 spiro atoms. The Morgan fingerprint density at radius 1 is 1.00 bits per heavy atom. The molecule has 7 heteroatoms. The van der Waals surface area contributed by atoms with Gasteiger partial charge in [-0.3, -0.25) is 14.5 Å². The molecule has 204 valence electrons. The van der Waals surface area contributed by atoms with Gasteiger partial charge in [0.15, 0.2) is 0 Å². The molecule has 0 atom stereocenters. The molecule has 3 aromatic rings. The summed E-state index contributed by atoms with van der Waals surface area (Å²) in [6.07, 6.45) is 2.43. The lowest BCUT2D eigenvalue weighted by Crippen LogP contribution is -2.36. The van der Waals surface area contributed by atoms with E-state index in [1.165, 1.54) is 11.8 Å². The molecule has 1 heterocycles. The molecule has 0 aliphatic rings. The van der Waals surface area contributed by atoms with E-state index in [1.54, 1.807) is 6.26 Å². The van der Waals surface area contributed by atoms with Crippen LogP contribution in [0.2, 0.25) is 0 Å². The van der Waals surface area contributed by atoms with Crippen LogP contribution in [0.3, 0.4) is 0 Å². The first kappa shape index (κ1) is 29.5. The van der Waals surface area contributed by atoms with E-state index < -0.39 is 10.3 Å². The predicted molar refractivity (Wildman–Crippen MR) is 154 cm³/mol. The van der Waals surface area contributed by atoms with Gasteiger partial charge in [-0.15, -0.1) is 11.8 Å². The van der Waals surface area contributed by atoms with Gasteiger partial charge >= 0.3 is 5.97 Å². The lowest BCUT2D eigenvalue weighted by Gasteiger charge is -2.28. The number of nitrogens with zero attached hydrogens (tertiary/aromatic N) is 1. The molecule has 0 radical (unpaired) electrons. The first-order valence-electron chi connectivity index (χ1n) is 12.9. The van der Waals surface area contributed by atoms with Gasteiger partial charge in [-0.25, -0.2) is 0 Å². The summed E-state index contributed by atoms with van der Waals surface area (Å²) in [5, 5.41) is 3.05. The molecular weight excluding hydrogens is 496 g/mol. The Kier molecular flexibility index (Phi) is 9.85. The van der Waals surface area contributed by atoms with Crippen LogP contribution in [-0.2, 0) is 27.3 Å². The van der Waals surface area contributed by atoms with E-state index >= 15 is 0 Å². The molecule has 38 heavy (non-hydrogen) atoms. The number of ether oxygens (including phenoxy) is 1. The van der Waals surface area contributed by atoms with E-state index in [1.807, 2.05) is 84.9 Å². The number of nitrogens with one attached hydrogen (secondary N) is 1. The van der Waals surface area contributed by atoms with Crippen molar-refractivity contribution >= 4 is 29.3 Å². The number of carbonyl (C=O) groups is 2. The maximum absolute atomic E-state index is 12.9. The third-order valence-corrected chi connectivity index (χ3v) is 7.07. The summed E-state index contributed by atoms with van der Waals surface area (Å²) in [4.78, 5) is 28.6. The SMILES string of the molecule is Cc1ccc(NC(=O)CN(CCc2ccc(SC(C)(C)C(=O)OC(C)(C)C)cc2)Cc2ccco2)c(C)c1. The molecule has 0 saturated heterocycles. The number of rotatable bonds is 11.